The van der Waals surface area contributed by atoms with E-state index in [1.54, 1.807) is 0 Å². The molecule has 1 aromatic heterocycles. The third kappa shape index (κ3) is 4.77. The lowest BCUT2D eigenvalue weighted by Crippen LogP contribution is -2.44. The van der Waals surface area contributed by atoms with E-state index < -0.39 is 0 Å². The van der Waals surface area contributed by atoms with Gasteiger partial charge in [0.15, 0.2) is 5.82 Å². The van der Waals surface area contributed by atoms with Crippen LogP contribution in [0, 0.1) is 0 Å². The maximum absolute atomic E-state index is 6.06. The normalized spacial score (nSPS) is 19.9. The van der Waals surface area contributed by atoms with Crippen LogP contribution in [0.4, 0.5) is 0 Å². The summed E-state index contributed by atoms with van der Waals surface area (Å²) in [5.41, 5.74) is 8.30. The van der Waals surface area contributed by atoms with Gasteiger partial charge in [0.25, 0.3) is 0 Å². The molecule has 2 aromatic carbocycles. The number of fused-ring (bicyclic) bond motifs is 1. The van der Waals surface area contributed by atoms with Crippen molar-refractivity contribution in [2.45, 2.75) is 38.4 Å². The highest BCUT2D eigenvalue weighted by molar-refractivity contribution is 5.94. The molecule has 27 heavy (non-hydrogen) atoms. The number of aromatic nitrogens is 2. The van der Waals surface area contributed by atoms with Crippen molar-refractivity contribution in [3.8, 4) is 11.4 Å². The topological polar surface area (TPSA) is 55.0 Å². The molecule has 2 atom stereocenters. The Bertz CT molecular complexity index is 864. The number of hydrogen-bond acceptors (Lipinski definition) is 4. The van der Waals surface area contributed by atoms with Crippen molar-refractivity contribution in [1.82, 2.24) is 14.9 Å². The van der Waals surface area contributed by atoms with Gasteiger partial charge in [-0.1, -0.05) is 42.5 Å². The number of nitrogens with zero attached hydrogens (tertiary/aromatic N) is 3. The number of nitrogens with two attached hydrogens (primary N) is 1. The molecule has 4 nitrogen and oxygen atoms in total. The first-order valence-corrected chi connectivity index (χ1v) is 8.99. The lowest BCUT2D eigenvalue weighted by atomic mass is 9.99. The summed E-state index contributed by atoms with van der Waals surface area (Å²) in [5.74, 6) is 0.786. The van der Waals surface area contributed by atoms with Crippen LogP contribution in [-0.4, -0.2) is 33.5 Å². The molecule has 0 spiro atoms. The van der Waals surface area contributed by atoms with Gasteiger partial charge in [0, 0.05) is 48.7 Å². The minimum atomic E-state index is 0. The standard InChI is InChI=1S/C21H24N4.2ClH/c1-15-11-18(22)9-10-25(15)14-16-12-23-21(24-13-16)20-8-4-6-17-5-2-3-7-19(17)20;;/h2-8,12-13,15,18H,9-11,14,22H2,1H3;2*1H/t15-,18+;;/m1../s1. The molecule has 6 heteroatoms. The number of piperidine rings is 1. The second kappa shape index (κ2) is 9.47. The summed E-state index contributed by atoms with van der Waals surface area (Å²) >= 11 is 0. The molecule has 0 amide bonds. The summed E-state index contributed by atoms with van der Waals surface area (Å²) in [4.78, 5) is 11.8. The van der Waals surface area contributed by atoms with Crippen molar-refractivity contribution in [2.75, 3.05) is 6.54 Å². The van der Waals surface area contributed by atoms with Gasteiger partial charge in [-0.25, -0.2) is 9.97 Å². The third-order valence-corrected chi connectivity index (χ3v) is 5.18. The van der Waals surface area contributed by atoms with Crippen LogP contribution >= 0.6 is 24.8 Å². The molecule has 1 aliphatic heterocycles. The number of halogens is 2. The zero-order valence-electron chi connectivity index (χ0n) is 15.4. The van der Waals surface area contributed by atoms with E-state index in [1.807, 2.05) is 12.4 Å². The highest BCUT2D eigenvalue weighted by Gasteiger charge is 2.23. The summed E-state index contributed by atoms with van der Waals surface area (Å²) < 4.78 is 0. The summed E-state index contributed by atoms with van der Waals surface area (Å²) in [5, 5.41) is 2.41. The highest BCUT2D eigenvalue weighted by atomic mass is 35.5. The maximum Gasteiger partial charge on any atom is 0.159 e. The molecule has 0 unspecified atom stereocenters. The van der Waals surface area contributed by atoms with E-state index in [4.69, 9.17) is 5.73 Å². The van der Waals surface area contributed by atoms with Gasteiger partial charge in [0.05, 0.1) is 0 Å². The summed E-state index contributed by atoms with van der Waals surface area (Å²) in [6.07, 6.45) is 6.06. The number of hydrogen-bond donors (Lipinski definition) is 1. The van der Waals surface area contributed by atoms with E-state index in [0.717, 1.165) is 42.9 Å². The Morgan fingerprint density at radius 3 is 2.48 bits per heavy atom. The molecule has 4 rings (SSSR count). The van der Waals surface area contributed by atoms with Crippen molar-refractivity contribution in [1.29, 1.82) is 0 Å². The van der Waals surface area contributed by atoms with Gasteiger partial charge in [0.2, 0.25) is 0 Å². The summed E-state index contributed by atoms with van der Waals surface area (Å²) in [7, 11) is 0. The van der Waals surface area contributed by atoms with Crippen LogP contribution < -0.4 is 5.73 Å². The quantitative estimate of drug-likeness (QED) is 0.700. The van der Waals surface area contributed by atoms with Crippen molar-refractivity contribution in [3.05, 3.63) is 60.4 Å². The molecule has 1 saturated heterocycles. The minimum Gasteiger partial charge on any atom is -0.328 e. The molecule has 1 aliphatic rings. The lowest BCUT2D eigenvalue weighted by Gasteiger charge is -2.36. The predicted molar refractivity (Wildman–Crippen MR) is 117 cm³/mol. The molecule has 144 valence electrons. The lowest BCUT2D eigenvalue weighted by molar-refractivity contribution is 0.139. The number of rotatable bonds is 3. The molecule has 3 aromatic rings. The Labute approximate surface area is 173 Å². The number of likely N-dealkylation sites (tertiary alicyclic amines) is 1. The zero-order chi connectivity index (χ0) is 17.2. The van der Waals surface area contributed by atoms with Gasteiger partial charge in [-0.2, -0.15) is 0 Å². The second-order valence-corrected chi connectivity index (χ2v) is 7.05. The maximum atomic E-state index is 6.06. The summed E-state index contributed by atoms with van der Waals surface area (Å²) in [6, 6.07) is 15.5. The Kier molecular flexibility index (Phi) is 7.57. The van der Waals surface area contributed by atoms with Crippen LogP contribution in [0.25, 0.3) is 22.2 Å². The van der Waals surface area contributed by atoms with Crippen molar-refractivity contribution < 1.29 is 0 Å². The SMILES string of the molecule is C[C@@H]1C[C@@H](N)CCN1Cc1cnc(-c2cccc3ccccc23)nc1.Cl.Cl. The Morgan fingerprint density at radius 1 is 1.04 bits per heavy atom. The van der Waals surface area contributed by atoms with E-state index >= 15 is 0 Å². The Morgan fingerprint density at radius 2 is 1.74 bits per heavy atom. The molecule has 0 aliphatic carbocycles. The molecule has 2 heterocycles. The zero-order valence-corrected chi connectivity index (χ0v) is 17.0. The molecule has 0 saturated carbocycles. The van der Waals surface area contributed by atoms with Gasteiger partial charge in [-0.3, -0.25) is 4.90 Å². The fourth-order valence-corrected chi connectivity index (χ4v) is 3.72. The average molecular weight is 405 g/mol. The minimum absolute atomic E-state index is 0. The van der Waals surface area contributed by atoms with E-state index in [9.17, 15) is 0 Å². The molecular weight excluding hydrogens is 379 g/mol. The highest BCUT2D eigenvalue weighted by Crippen LogP contribution is 2.26. The molecule has 2 N–H and O–H groups in total. The van der Waals surface area contributed by atoms with Crippen molar-refractivity contribution in [2.24, 2.45) is 5.73 Å². The first-order chi connectivity index (χ1) is 12.2. The average Bonchev–Trinajstić information content (AvgIpc) is 2.64. The van der Waals surface area contributed by atoms with Gasteiger partial charge in [0.1, 0.15) is 0 Å². The van der Waals surface area contributed by atoms with Crippen LogP contribution in [0.1, 0.15) is 25.3 Å². The third-order valence-electron chi connectivity index (χ3n) is 5.18. The predicted octanol–water partition coefficient (Wildman–Crippen LogP) is 4.45. The Balaban J connectivity index is 0.00000131. The van der Waals surface area contributed by atoms with E-state index in [2.05, 4.69) is 64.3 Å². The van der Waals surface area contributed by atoms with Crippen molar-refractivity contribution in [3.63, 3.8) is 0 Å². The van der Waals surface area contributed by atoms with Crippen molar-refractivity contribution >= 4 is 35.6 Å². The second-order valence-electron chi connectivity index (χ2n) is 7.05. The van der Waals surface area contributed by atoms with E-state index in [0.29, 0.717) is 12.1 Å². The molecule has 0 bridgehead atoms. The Hall–Kier alpha value is -1.72. The monoisotopic (exact) mass is 404 g/mol. The molecular formula is C21H26Cl2N4. The van der Waals surface area contributed by atoms with Gasteiger partial charge < -0.3 is 5.73 Å². The first kappa shape index (κ1) is 21.6. The van der Waals surface area contributed by atoms with E-state index in [-0.39, 0.29) is 24.8 Å². The van der Waals surface area contributed by atoms with Gasteiger partial charge >= 0.3 is 0 Å². The van der Waals surface area contributed by atoms with Crippen LogP contribution in [0.2, 0.25) is 0 Å². The smallest absolute Gasteiger partial charge is 0.159 e. The molecule has 1 fully saturated rings. The first-order valence-electron chi connectivity index (χ1n) is 8.99. The van der Waals surface area contributed by atoms with Gasteiger partial charge in [-0.05, 0) is 30.5 Å². The fourth-order valence-electron chi connectivity index (χ4n) is 3.72. The van der Waals surface area contributed by atoms with Crippen LogP contribution in [0.3, 0.4) is 0 Å². The van der Waals surface area contributed by atoms with Gasteiger partial charge in [-0.15, -0.1) is 24.8 Å². The largest absolute Gasteiger partial charge is 0.328 e. The van der Waals surface area contributed by atoms with Crippen LogP contribution in [0.5, 0.6) is 0 Å². The van der Waals surface area contributed by atoms with Crippen LogP contribution in [-0.2, 0) is 6.54 Å². The number of benzene rings is 2. The fraction of sp³-hybridized carbons (Fsp3) is 0.333. The van der Waals surface area contributed by atoms with E-state index in [1.165, 1.54) is 10.8 Å². The van der Waals surface area contributed by atoms with Crippen LogP contribution in [0.15, 0.2) is 54.9 Å². The summed E-state index contributed by atoms with van der Waals surface area (Å²) in [6.45, 7) is 4.20. The molecule has 0 radical (unpaired) electrons.